The molecule has 136 valence electrons. The molecule has 0 N–H and O–H groups in total. The minimum absolute atomic E-state index is 0.160. The average Bonchev–Trinajstić information content (AvgIpc) is 2.89. The number of hydrogen-bond acceptors (Lipinski definition) is 3. The first-order chi connectivity index (χ1) is 11.6. The molecule has 9 heteroatoms. The van der Waals surface area contributed by atoms with Crippen LogP contribution in [0.1, 0.15) is 12.8 Å². The molecule has 0 spiro atoms. The Morgan fingerprint density at radius 1 is 1.36 bits per heavy atom. The number of halogens is 4. The van der Waals surface area contributed by atoms with Crippen molar-refractivity contribution in [3.8, 4) is 5.75 Å². The van der Waals surface area contributed by atoms with Gasteiger partial charge in [-0.2, -0.15) is 0 Å². The zero-order chi connectivity index (χ0) is 18.6. The maximum atomic E-state index is 12.8. The van der Waals surface area contributed by atoms with Crippen molar-refractivity contribution in [1.82, 2.24) is 4.90 Å². The van der Waals surface area contributed by atoms with Gasteiger partial charge in [0.05, 0.1) is 12.1 Å². The second-order valence-corrected chi connectivity index (χ2v) is 8.75. The highest BCUT2D eigenvalue weighted by atomic mass is 35.5. The van der Waals surface area contributed by atoms with Crippen molar-refractivity contribution >= 4 is 63.9 Å². The van der Waals surface area contributed by atoms with E-state index in [9.17, 15) is 9.59 Å². The number of amides is 2. The van der Waals surface area contributed by atoms with Crippen molar-refractivity contribution in [2.75, 3.05) is 25.6 Å². The molecule has 5 nitrogen and oxygen atoms in total. The summed E-state index contributed by atoms with van der Waals surface area (Å²) in [5, 5.41) is 0.458. The van der Waals surface area contributed by atoms with Crippen molar-refractivity contribution in [2.45, 2.75) is 28.1 Å². The Bertz CT molecular complexity index is 742. The number of nitrogens with zero attached hydrogens (tertiary/aromatic N) is 2. The van der Waals surface area contributed by atoms with Gasteiger partial charge in [0.25, 0.3) is 0 Å². The Hall–Kier alpha value is -0.880. The maximum Gasteiger partial charge on any atom is 0.249 e. The Morgan fingerprint density at radius 3 is 2.56 bits per heavy atom. The van der Waals surface area contributed by atoms with E-state index in [1.165, 1.54) is 12.0 Å². The monoisotopic (exact) mass is 424 g/mol. The Kier molecular flexibility index (Phi) is 4.82. The number of carbonyl (C=O) groups is 2. The average molecular weight is 426 g/mol. The number of anilines is 1. The van der Waals surface area contributed by atoms with E-state index >= 15 is 0 Å². The largest absolute Gasteiger partial charge is 0.495 e. The molecular weight excluding hydrogens is 410 g/mol. The van der Waals surface area contributed by atoms with E-state index in [1.807, 2.05) is 0 Å². The second kappa shape index (κ2) is 6.38. The molecule has 2 aliphatic rings. The van der Waals surface area contributed by atoms with Gasteiger partial charge in [0, 0.05) is 31.8 Å². The number of benzene rings is 1. The van der Waals surface area contributed by atoms with Crippen LogP contribution in [0.2, 0.25) is 5.02 Å². The molecule has 1 aliphatic carbocycles. The van der Waals surface area contributed by atoms with E-state index in [1.54, 1.807) is 30.1 Å². The van der Waals surface area contributed by atoms with Crippen LogP contribution in [0.5, 0.6) is 5.75 Å². The minimum Gasteiger partial charge on any atom is -0.495 e. The SMILES string of the molecule is COc1cc(N2CCC(N(C)C(=O)C3(Cl)CC3(Cl)Cl)C2=O)ccc1Cl. The highest BCUT2D eigenvalue weighted by Gasteiger charge is 2.72. The predicted octanol–water partition coefficient (Wildman–Crippen LogP) is 3.47. The molecule has 1 saturated heterocycles. The summed E-state index contributed by atoms with van der Waals surface area (Å²) in [5.41, 5.74) is 0.658. The van der Waals surface area contributed by atoms with E-state index in [0.29, 0.717) is 29.4 Å². The highest BCUT2D eigenvalue weighted by molar-refractivity contribution is 6.62. The van der Waals surface area contributed by atoms with Crippen LogP contribution in [0.15, 0.2) is 18.2 Å². The molecule has 1 saturated carbocycles. The van der Waals surface area contributed by atoms with Crippen molar-refractivity contribution in [3.05, 3.63) is 23.2 Å². The molecule has 2 amide bonds. The number of rotatable bonds is 4. The zero-order valence-corrected chi connectivity index (χ0v) is 16.6. The van der Waals surface area contributed by atoms with E-state index in [2.05, 4.69) is 0 Å². The summed E-state index contributed by atoms with van der Waals surface area (Å²) in [6.45, 7) is 0.466. The van der Waals surface area contributed by atoms with Crippen molar-refractivity contribution in [3.63, 3.8) is 0 Å². The lowest BCUT2D eigenvalue weighted by Crippen LogP contribution is -2.47. The Labute approximate surface area is 165 Å². The van der Waals surface area contributed by atoms with Gasteiger partial charge in [-0.3, -0.25) is 9.59 Å². The summed E-state index contributed by atoms with van der Waals surface area (Å²) in [7, 11) is 3.05. The summed E-state index contributed by atoms with van der Waals surface area (Å²) in [6, 6.07) is 4.48. The number of ether oxygens (including phenoxy) is 1. The van der Waals surface area contributed by atoms with Crippen LogP contribution < -0.4 is 9.64 Å². The molecule has 1 heterocycles. The molecule has 2 fully saturated rings. The molecule has 0 radical (unpaired) electrons. The van der Waals surface area contributed by atoms with Gasteiger partial charge < -0.3 is 14.5 Å². The van der Waals surface area contributed by atoms with Gasteiger partial charge in [-0.25, -0.2) is 0 Å². The molecule has 1 aromatic rings. The number of carbonyl (C=O) groups excluding carboxylic acids is 2. The molecule has 2 unspecified atom stereocenters. The van der Waals surface area contributed by atoms with E-state index in [4.69, 9.17) is 51.1 Å². The van der Waals surface area contributed by atoms with Gasteiger partial charge in [-0.15, -0.1) is 11.6 Å². The summed E-state index contributed by atoms with van der Waals surface area (Å²) in [4.78, 5) is 27.0. The van der Waals surface area contributed by atoms with Crippen LogP contribution in [-0.2, 0) is 9.59 Å². The molecule has 1 aromatic carbocycles. The fourth-order valence-electron chi connectivity index (χ4n) is 3.01. The van der Waals surface area contributed by atoms with Crippen molar-refractivity contribution in [1.29, 1.82) is 0 Å². The zero-order valence-electron chi connectivity index (χ0n) is 13.6. The molecule has 3 rings (SSSR count). The molecular formula is C16H16Cl4N2O3. The third kappa shape index (κ3) is 3.05. The lowest BCUT2D eigenvalue weighted by atomic mass is 10.2. The third-order valence-corrected chi connectivity index (χ3v) is 6.71. The highest BCUT2D eigenvalue weighted by Crippen LogP contribution is 2.62. The fraction of sp³-hybridized carbons (Fsp3) is 0.500. The third-order valence-electron chi connectivity index (χ3n) is 4.67. The van der Waals surface area contributed by atoms with Gasteiger partial charge in [0.2, 0.25) is 11.8 Å². The number of likely N-dealkylation sites (N-methyl/N-ethyl adjacent to an activating group) is 1. The Balaban J connectivity index is 1.77. The minimum atomic E-state index is -1.36. The standard InChI is InChI=1S/C16H16Cl4N2O3/c1-21(14(24)15(18)8-16(15,19)20)11-5-6-22(13(11)23)9-3-4-10(17)12(7-9)25-2/h3-4,7,11H,5-6,8H2,1-2H3. The van der Waals surface area contributed by atoms with Crippen molar-refractivity contribution in [2.24, 2.45) is 0 Å². The van der Waals surface area contributed by atoms with E-state index < -0.39 is 21.2 Å². The van der Waals surface area contributed by atoms with E-state index in [-0.39, 0.29) is 12.3 Å². The second-order valence-electron chi connectivity index (χ2n) is 6.21. The molecule has 25 heavy (non-hydrogen) atoms. The predicted molar refractivity (Wildman–Crippen MR) is 99.2 cm³/mol. The fourth-order valence-corrected chi connectivity index (χ4v) is 4.24. The number of hydrogen-bond donors (Lipinski definition) is 0. The van der Waals surface area contributed by atoms with Gasteiger partial charge in [0.1, 0.15) is 16.1 Å². The summed E-state index contributed by atoms with van der Waals surface area (Å²) in [6.07, 6.45) is 0.642. The molecule has 0 bridgehead atoms. The first-order valence-corrected chi connectivity index (χ1v) is 9.12. The summed E-state index contributed by atoms with van der Waals surface area (Å²) in [5.74, 6) is -0.157. The van der Waals surface area contributed by atoms with Crippen LogP contribution in [0, 0.1) is 0 Å². The summed E-state index contributed by atoms with van der Waals surface area (Å²) >= 11 is 24.2. The topological polar surface area (TPSA) is 49.9 Å². The van der Waals surface area contributed by atoms with Gasteiger partial charge in [-0.05, 0) is 18.6 Å². The van der Waals surface area contributed by atoms with E-state index in [0.717, 1.165) is 0 Å². The van der Waals surface area contributed by atoms with Gasteiger partial charge in [-0.1, -0.05) is 34.8 Å². The van der Waals surface area contributed by atoms with Gasteiger partial charge >= 0.3 is 0 Å². The van der Waals surface area contributed by atoms with Gasteiger partial charge in [0.15, 0.2) is 4.87 Å². The number of alkyl halides is 3. The lowest BCUT2D eigenvalue weighted by Gasteiger charge is -2.26. The number of methoxy groups -OCH3 is 1. The molecule has 0 aromatic heterocycles. The Morgan fingerprint density at radius 2 is 2.00 bits per heavy atom. The first kappa shape index (κ1) is 18.9. The first-order valence-electron chi connectivity index (χ1n) is 7.61. The van der Waals surface area contributed by atoms with Crippen molar-refractivity contribution < 1.29 is 14.3 Å². The van der Waals surface area contributed by atoms with Crippen LogP contribution in [0.4, 0.5) is 5.69 Å². The molecule has 1 aliphatic heterocycles. The normalized spacial score (nSPS) is 27.4. The van der Waals surface area contributed by atoms with Crippen LogP contribution in [0.3, 0.4) is 0 Å². The van der Waals surface area contributed by atoms with Crippen LogP contribution in [0.25, 0.3) is 0 Å². The summed E-state index contributed by atoms with van der Waals surface area (Å²) < 4.78 is 3.90. The molecule has 2 atom stereocenters. The maximum absolute atomic E-state index is 12.8. The lowest BCUT2D eigenvalue weighted by molar-refractivity contribution is -0.137. The van der Waals surface area contributed by atoms with Crippen LogP contribution in [-0.4, -0.2) is 52.7 Å². The smallest absolute Gasteiger partial charge is 0.249 e. The quantitative estimate of drug-likeness (QED) is 0.694. The van der Waals surface area contributed by atoms with Crippen LogP contribution >= 0.6 is 46.4 Å².